The third kappa shape index (κ3) is 2.61. The van der Waals surface area contributed by atoms with E-state index in [1.165, 1.54) is 0 Å². The Bertz CT molecular complexity index is 455. The van der Waals surface area contributed by atoms with Crippen molar-refractivity contribution < 1.29 is 5.11 Å². The lowest BCUT2D eigenvalue weighted by Gasteiger charge is -2.28. The van der Waals surface area contributed by atoms with Gasteiger partial charge in [-0.1, -0.05) is 0 Å². The molecule has 0 amide bonds. The maximum atomic E-state index is 9.84. The first-order chi connectivity index (χ1) is 8.61. The van der Waals surface area contributed by atoms with Gasteiger partial charge in [0.1, 0.15) is 11.9 Å². The highest BCUT2D eigenvalue weighted by Gasteiger charge is 2.33. The Morgan fingerprint density at radius 3 is 3.06 bits per heavy atom. The van der Waals surface area contributed by atoms with Crippen LogP contribution in [0.2, 0.25) is 0 Å². The first-order valence-electron chi connectivity index (χ1n) is 6.06. The molecule has 0 saturated carbocycles. The number of aliphatic hydroxyl groups excluding tert-OH is 1. The molecule has 2 unspecified atom stereocenters. The maximum Gasteiger partial charge on any atom is 0.146 e. The normalized spacial score (nSPS) is 23.4. The fraction of sp³-hybridized carbons (Fsp3) is 0.538. The maximum absolute atomic E-state index is 9.84. The van der Waals surface area contributed by atoms with Crippen molar-refractivity contribution >= 4 is 5.82 Å². The van der Waals surface area contributed by atoms with Gasteiger partial charge in [0.15, 0.2) is 0 Å². The summed E-state index contributed by atoms with van der Waals surface area (Å²) in [6.45, 7) is 1.39. The van der Waals surface area contributed by atoms with Crippen molar-refractivity contribution in [3.63, 3.8) is 0 Å². The van der Waals surface area contributed by atoms with Gasteiger partial charge < -0.3 is 14.9 Å². The Hall–Kier alpha value is -1.64. The third-order valence-corrected chi connectivity index (χ3v) is 3.15. The first kappa shape index (κ1) is 12.8. The highest BCUT2D eigenvalue weighted by atomic mass is 16.3. The number of nitriles is 1. The van der Waals surface area contributed by atoms with Crippen molar-refractivity contribution in [2.24, 2.45) is 0 Å². The lowest BCUT2D eigenvalue weighted by molar-refractivity contribution is 0.191. The zero-order valence-corrected chi connectivity index (χ0v) is 10.7. The van der Waals surface area contributed by atoms with E-state index in [1.807, 2.05) is 19.0 Å². The summed E-state index contributed by atoms with van der Waals surface area (Å²) in [6, 6.07) is 5.89. The van der Waals surface area contributed by atoms with Crippen LogP contribution in [0.1, 0.15) is 12.0 Å². The molecule has 96 valence electrons. The average Bonchev–Trinajstić information content (AvgIpc) is 2.69. The number of rotatable bonds is 3. The van der Waals surface area contributed by atoms with Crippen LogP contribution in [0, 0.1) is 11.3 Å². The lowest BCUT2D eigenvalue weighted by Crippen LogP contribution is -2.38. The van der Waals surface area contributed by atoms with Gasteiger partial charge in [-0.05, 0) is 32.6 Å². The Morgan fingerprint density at radius 1 is 1.61 bits per heavy atom. The minimum Gasteiger partial charge on any atom is -0.391 e. The Kier molecular flexibility index (Phi) is 3.80. The summed E-state index contributed by atoms with van der Waals surface area (Å²) in [5.74, 6) is 0.684. The quantitative estimate of drug-likeness (QED) is 0.839. The molecule has 5 nitrogen and oxygen atoms in total. The molecule has 0 aliphatic carbocycles. The van der Waals surface area contributed by atoms with Gasteiger partial charge in [0.05, 0.1) is 11.7 Å². The van der Waals surface area contributed by atoms with Crippen LogP contribution in [0.3, 0.4) is 0 Å². The van der Waals surface area contributed by atoms with E-state index in [9.17, 15) is 5.11 Å². The largest absolute Gasteiger partial charge is 0.391 e. The molecule has 1 aromatic heterocycles. The van der Waals surface area contributed by atoms with Crippen molar-refractivity contribution in [2.75, 3.05) is 32.1 Å². The van der Waals surface area contributed by atoms with E-state index in [0.29, 0.717) is 17.9 Å². The molecular weight excluding hydrogens is 228 g/mol. The highest BCUT2D eigenvalue weighted by molar-refractivity contribution is 5.55. The smallest absolute Gasteiger partial charge is 0.146 e. The van der Waals surface area contributed by atoms with Gasteiger partial charge in [-0.3, -0.25) is 0 Å². The Morgan fingerprint density at radius 2 is 2.39 bits per heavy atom. The first-order valence-corrected chi connectivity index (χ1v) is 6.06. The number of likely N-dealkylation sites (N-methyl/N-ethyl adjacent to an activating group) is 1. The Balaban J connectivity index is 2.27. The second-order valence-corrected chi connectivity index (χ2v) is 4.94. The number of anilines is 1. The van der Waals surface area contributed by atoms with Gasteiger partial charge in [-0.15, -0.1) is 0 Å². The van der Waals surface area contributed by atoms with E-state index >= 15 is 0 Å². The average molecular weight is 246 g/mol. The highest BCUT2D eigenvalue weighted by Crippen LogP contribution is 2.26. The SMILES string of the molecule is CN(C)CC1CC(O)CN1c1ncccc1C#N. The van der Waals surface area contributed by atoms with Crippen LogP contribution in [-0.4, -0.2) is 54.3 Å². The number of pyridine rings is 1. The molecule has 2 atom stereocenters. The molecule has 0 radical (unpaired) electrons. The van der Waals surface area contributed by atoms with Gasteiger partial charge in [0.25, 0.3) is 0 Å². The molecule has 5 heteroatoms. The number of hydrogen-bond acceptors (Lipinski definition) is 5. The van der Waals surface area contributed by atoms with Crippen LogP contribution in [0.15, 0.2) is 18.3 Å². The van der Waals surface area contributed by atoms with E-state index in [0.717, 1.165) is 13.0 Å². The van der Waals surface area contributed by atoms with E-state index < -0.39 is 0 Å². The standard InChI is InChI=1S/C13H18N4O/c1-16(2)8-11-6-12(18)9-17(11)13-10(7-14)4-3-5-15-13/h3-5,11-12,18H,6,8-9H2,1-2H3. The minimum absolute atomic E-state index is 0.206. The topological polar surface area (TPSA) is 63.4 Å². The van der Waals surface area contributed by atoms with Crippen molar-refractivity contribution in [3.8, 4) is 6.07 Å². The summed E-state index contributed by atoms with van der Waals surface area (Å²) in [5, 5.41) is 19.0. The van der Waals surface area contributed by atoms with Gasteiger partial charge in [0, 0.05) is 25.3 Å². The van der Waals surface area contributed by atoms with E-state index in [1.54, 1.807) is 18.3 Å². The van der Waals surface area contributed by atoms with Crippen LogP contribution >= 0.6 is 0 Å². The number of hydrogen-bond donors (Lipinski definition) is 1. The van der Waals surface area contributed by atoms with Crippen LogP contribution in [0.25, 0.3) is 0 Å². The molecule has 1 fully saturated rings. The second-order valence-electron chi connectivity index (χ2n) is 4.94. The fourth-order valence-electron chi connectivity index (χ4n) is 2.46. The van der Waals surface area contributed by atoms with Crippen LogP contribution in [0.4, 0.5) is 5.82 Å². The molecule has 1 aromatic rings. The summed E-state index contributed by atoms with van der Waals surface area (Å²) < 4.78 is 0. The lowest BCUT2D eigenvalue weighted by atomic mass is 10.2. The second kappa shape index (κ2) is 5.34. The van der Waals surface area contributed by atoms with Crippen molar-refractivity contribution in [1.82, 2.24) is 9.88 Å². The van der Waals surface area contributed by atoms with Crippen LogP contribution < -0.4 is 4.90 Å². The number of β-amino-alcohol motifs (C(OH)–C–C–N with tert-alkyl or cyclic N) is 1. The fourth-order valence-corrected chi connectivity index (χ4v) is 2.46. The van der Waals surface area contributed by atoms with Crippen molar-refractivity contribution in [2.45, 2.75) is 18.6 Å². The summed E-state index contributed by atoms with van der Waals surface area (Å²) in [4.78, 5) is 8.43. The van der Waals surface area contributed by atoms with E-state index in [4.69, 9.17) is 5.26 Å². The molecule has 1 aliphatic heterocycles. The molecule has 2 rings (SSSR count). The summed E-state index contributed by atoms with van der Waals surface area (Å²) in [5.41, 5.74) is 0.565. The number of aromatic nitrogens is 1. The Labute approximate surface area is 107 Å². The zero-order chi connectivity index (χ0) is 13.1. The molecule has 1 saturated heterocycles. The van der Waals surface area contributed by atoms with Gasteiger partial charge in [0.2, 0.25) is 0 Å². The minimum atomic E-state index is -0.344. The van der Waals surface area contributed by atoms with Crippen LogP contribution in [0.5, 0.6) is 0 Å². The number of aliphatic hydroxyl groups is 1. The van der Waals surface area contributed by atoms with Crippen molar-refractivity contribution in [3.05, 3.63) is 23.9 Å². The van der Waals surface area contributed by atoms with Gasteiger partial charge in [-0.25, -0.2) is 4.98 Å². The predicted molar refractivity (Wildman–Crippen MR) is 69.3 cm³/mol. The number of nitrogens with zero attached hydrogens (tertiary/aromatic N) is 4. The van der Waals surface area contributed by atoms with Gasteiger partial charge in [-0.2, -0.15) is 5.26 Å². The van der Waals surface area contributed by atoms with Crippen molar-refractivity contribution in [1.29, 1.82) is 5.26 Å². The molecule has 0 spiro atoms. The third-order valence-electron chi connectivity index (χ3n) is 3.15. The van der Waals surface area contributed by atoms with Crippen LogP contribution in [-0.2, 0) is 0 Å². The molecule has 1 N–H and O–H groups in total. The van der Waals surface area contributed by atoms with E-state index in [2.05, 4.69) is 16.0 Å². The summed E-state index contributed by atoms with van der Waals surface area (Å²) in [6.07, 6.45) is 2.07. The van der Waals surface area contributed by atoms with E-state index in [-0.39, 0.29) is 12.1 Å². The molecule has 18 heavy (non-hydrogen) atoms. The molecular formula is C13H18N4O. The molecule has 1 aliphatic rings. The van der Waals surface area contributed by atoms with Gasteiger partial charge >= 0.3 is 0 Å². The molecule has 2 heterocycles. The zero-order valence-electron chi connectivity index (χ0n) is 10.7. The molecule has 0 bridgehead atoms. The molecule has 0 aromatic carbocycles. The monoisotopic (exact) mass is 246 g/mol. The summed E-state index contributed by atoms with van der Waals surface area (Å²) in [7, 11) is 4.01. The predicted octanol–water partition coefficient (Wildman–Crippen LogP) is 0.454. The summed E-state index contributed by atoms with van der Waals surface area (Å²) >= 11 is 0.